The van der Waals surface area contributed by atoms with E-state index in [0.717, 1.165) is 25.2 Å². The highest BCUT2D eigenvalue weighted by molar-refractivity contribution is 5.24. The Hall–Kier alpha value is -0.830. The smallest absolute Gasteiger partial charge is 0.0641 e. The Morgan fingerprint density at radius 1 is 1.38 bits per heavy atom. The lowest BCUT2D eigenvalue weighted by atomic mass is 10.2. The maximum absolute atomic E-state index is 4.50. The highest BCUT2D eigenvalue weighted by atomic mass is 15.3. The molecular weight excluding hydrogens is 162 g/mol. The van der Waals surface area contributed by atoms with Gasteiger partial charge in [-0.05, 0) is 27.3 Å². The zero-order valence-electron chi connectivity index (χ0n) is 9.02. The van der Waals surface area contributed by atoms with Gasteiger partial charge in [-0.3, -0.25) is 4.68 Å². The second kappa shape index (κ2) is 4.42. The zero-order valence-corrected chi connectivity index (χ0v) is 9.02. The molecule has 1 aromatic heterocycles. The normalized spacial score (nSPS) is 10.8. The minimum absolute atomic E-state index is 0.918. The maximum Gasteiger partial charge on any atom is 0.0641 e. The minimum Gasteiger partial charge on any atom is -0.316 e. The molecule has 1 heterocycles. The molecule has 0 saturated heterocycles. The molecule has 0 aliphatic heterocycles. The monoisotopic (exact) mass is 181 g/mol. The average molecular weight is 181 g/mol. The quantitative estimate of drug-likeness (QED) is 0.765. The Labute approximate surface area is 80.1 Å². The van der Waals surface area contributed by atoms with Crippen LogP contribution in [0.2, 0.25) is 0 Å². The molecule has 0 aromatic carbocycles. The molecule has 1 N–H and O–H groups in total. The third-order valence-electron chi connectivity index (χ3n) is 2.32. The SMILES string of the molecule is CCCn1nc(C)c(CNC)c1C. The maximum atomic E-state index is 4.50. The number of aryl methyl sites for hydroxylation is 2. The number of nitrogens with one attached hydrogen (secondary N) is 1. The second-order valence-corrected chi connectivity index (χ2v) is 3.40. The van der Waals surface area contributed by atoms with E-state index in [0.29, 0.717) is 0 Å². The third kappa shape index (κ3) is 2.10. The predicted octanol–water partition coefficient (Wildman–Crippen LogP) is 1.63. The number of nitrogens with zero attached hydrogens (tertiary/aromatic N) is 2. The molecule has 1 aromatic rings. The van der Waals surface area contributed by atoms with Crippen molar-refractivity contribution >= 4 is 0 Å². The van der Waals surface area contributed by atoms with Gasteiger partial charge in [0, 0.05) is 24.3 Å². The van der Waals surface area contributed by atoms with Crippen molar-refractivity contribution in [1.29, 1.82) is 0 Å². The summed E-state index contributed by atoms with van der Waals surface area (Å²) < 4.78 is 2.10. The van der Waals surface area contributed by atoms with E-state index in [9.17, 15) is 0 Å². The zero-order chi connectivity index (χ0) is 9.84. The summed E-state index contributed by atoms with van der Waals surface area (Å²) in [7, 11) is 1.97. The molecule has 3 heteroatoms. The molecule has 0 atom stereocenters. The van der Waals surface area contributed by atoms with E-state index >= 15 is 0 Å². The van der Waals surface area contributed by atoms with Crippen molar-refractivity contribution < 1.29 is 0 Å². The van der Waals surface area contributed by atoms with Crippen molar-refractivity contribution in [3.05, 3.63) is 17.0 Å². The molecular formula is C10H19N3. The lowest BCUT2D eigenvalue weighted by Gasteiger charge is -2.02. The van der Waals surface area contributed by atoms with Gasteiger partial charge in [0.05, 0.1) is 5.69 Å². The van der Waals surface area contributed by atoms with Crippen LogP contribution in [0, 0.1) is 13.8 Å². The van der Waals surface area contributed by atoms with Crippen LogP contribution in [0.15, 0.2) is 0 Å². The third-order valence-corrected chi connectivity index (χ3v) is 2.32. The molecule has 0 unspecified atom stereocenters. The van der Waals surface area contributed by atoms with Gasteiger partial charge in [0.25, 0.3) is 0 Å². The van der Waals surface area contributed by atoms with E-state index in [-0.39, 0.29) is 0 Å². The van der Waals surface area contributed by atoms with Crippen LogP contribution in [-0.4, -0.2) is 16.8 Å². The van der Waals surface area contributed by atoms with Crippen molar-refractivity contribution in [2.24, 2.45) is 0 Å². The Balaban J connectivity index is 2.92. The van der Waals surface area contributed by atoms with E-state index in [1.54, 1.807) is 0 Å². The standard InChI is InChI=1S/C10H19N3/c1-5-6-13-9(3)10(7-11-4)8(2)12-13/h11H,5-7H2,1-4H3. The van der Waals surface area contributed by atoms with E-state index in [2.05, 4.69) is 35.9 Å². The first-order valence-corrected chi connectivity index (χ1v) is 4.88. The molecule has 0 radical (unpaired) electrons. The molecule has 0 aliphatic carbocycles. The van der Waals surface area contributed by atoms with E-state index < -0.39 is 0 Å². The van der Waals surface area contributed by atoms with Gasteiger partial charge in [-0.25, -0.2) is 0 Å². The first kappa shape index (κ1) is 10.3. The van der Waals surface area contributed by atoms with Crippen molar-refractivity contribution in [3.8, 4) is 0 Å². The number of rotatable bonds is 4. The molecule has 0 bridgehead atoms. The summed E-state index contributed by atoms with van der Waals surface area (Å²) in [6, 6.07) is 0. The minimum atomic E-state index is 0.918. The predicted molar refractivity (Wildman–Crippen MR) is 54.8 cm³/mol. The van der Waals surface area contributed by atoms with Gasteiger partial charge in [-0.2, -0.15) is 5.10 Å². The summed E-state index contributed by atoms with van der Waals surface area (Å²) >= 11 is 0. The van der Waals surface area contributed by atoms with Crippen LogP contribution in [0.25, 0.3) is 0 Å². The lowest BCUT2D eigenvalue weighted by Crippen LogP contribution is -2.07. The molecule has 0 saturated carbocycles. The molecule has 0 aliphatic rings. The molecule has 3 nitrogen and oxygen atoms in total. The van der Waals surface area contributed by atoms with Crippen LogP contribution in [0.1, 0.15) is 30.3 Å². The topological polar surface area (TPSA) is 29.9 Å². The number of hydrogen-bond acceptors (Lipinski definition) is 2. The van der Waals surface area contributed by atoms with E-state index in [1.165, 1.54) is 11.3 Å². The van der Waals surface area contributed by atoms with Gasteiger partial charge in [-0.1, -0.05) is 6.92 Å². The summed E-state index contributed by atoms with van der Waals surface area (Å²) in [5.41, 5.74) is 3.80. The Bertz CT molecular complexity index is 276. The van der Waals surface area contributed by atoms with Crippen molar-refractivity contribution in [3.63, 3.8) is 0 Å². The first-order chi connectivity index (χ1) is 6.20. The van der Waals surface area contributed by atoms with Crippen LogP contribution < -0.4 is 5.32 Å². The fourth-order valence-corrected chi connectivity index (χ4v) is 1.60. The average Bonchev–Trinajstić information content (AvgIpc) is 2.34. The van der Waals surface area contributed by atoms with Gasteiger partial charge in [0.2, 0.25) is 0 Å². The molecule has 0 fully saturated rings. The molecule has 1 rings (SSSR count). The summed E-state index contributed by atoms with van der Waals surface area (Å²) in [5.74, 6) is 0. The van der Waals surface area contributed by atoms with Crippen LogP contribution in [0.5, 0.6) is 0 Å². The Morgan fingerprint density at radius 2 is 2.08 bits per heavy atom. The van der Waals surface area contributed by atoms with Crippen LogP contribution in [-0.2, 0) is 13.1 Å². The summed E-state index contributed by atoms with van der Waals surface area (Å²) in [6.07, 6.45) is 1.14. The summed E-state index contributed by atoms with van der Waals surface area (Å²) in [6.45, 7) is 8.33. The van der Waals surface area contributed by atoms with Gasteiger partial charge >= 0.3 is 0 Å². The number of aromatic nitrogens is 2. The van der Waals surface area contributed by atoms with Crippen molar-refractivity contribution in [1.82, 2.24) is 15.1 Å². The number of hydrogen-bond donors (Lipinski definition) is 1. The molecule has 13 heavy (non-hydrogen) atoms. The van der Waals surface area contributed by atoms with Crippen LogP contribution >= 0.6 is 0 Å². The van der Waals surface area contributed by atoms with Crippen molar-refractivity contribution in [2.75, 3.05) is 7.05 Å². The van der Waals surface area contributed by atoms with E-state index in [4.69, 9.17) is 0 Å². The molecule has 0 spiro atoms. The highest BCUT2D eigenvalue weighted by Gasteiger charge is 2.08. The lowest BCUT2D eigenvalue weighted by molar-refractivity contribution is 0.582. The van der Waals surface area contributed by atoms with Gasteiger partial charge in [0.15, 0.2) is 0 Å². The molecule has 74 valence electrons. The second-order valence-electron chi connectivity index (χ2n) is 3.40. The van der Waals surface area contributed by atoms with Crippen LogP contribution in [0.3, 0.4) is 0 Å². The summed E-state index contributed by atoms with van der Waals surface area (Å²) in [5, 5.41) is 7.66. The van der Waals surface area contributed by atoms with Crippen molar-refractivity contribution in [2.45, 2.75) is 40.3 Å². The fourth-order valence-electron chi connectivity index (χ4n) is 1.60. The Kier molecular flexibility index (Phi) is 3.48. The van der Waals surface area contributed by atoms with Crippen LogP contribution in [0.4, 0.5) is 0 Å². The largest absolute Gasteiger partial charge is 0.316 e. The highest BCUT2D eigenvalue weighted by Crippen LogP contribution is 2.12. The van der Waals surface area contributed by atoms with E-state index in [1.807, 2.05) is 7.05 Å². The van der Waals surface area contributed by atoms with Gasteiger partial charge < -0.3 is 5.32 Å². The summed E-state index contributed by atoms with van der Waals surface area (Å²) in [4.78, 5) is 0. The molecule has 0 amide bonds. The first-order valence-electron chi connectivity index (χ1n) is 4.88. The van der Waals surface area contributed by atoms with Gasteiger partial charge in [-0.15, -0.1) is 0 Å². The van der Waals surface area contributed by atoms with Gasteiger partial charge in [0.1, 0.15) is 0 Å². The Morgan fingerprint density at radius 3 is 2.62 bits per heavy atom. The fraction of sp³-hybridized carbons (Fsp3) is 0.700.